The predicted octanol–water partition coefficient (Wildman–Crippen LogP) is 2.50. The summed E-state index contributed by atoms with van der Waals surface area (Å²) < 4.78 is 0. The zero-order valence-electron chi connectivity index (χ0n) is 9.22. The van der Waals surface area contributed by atoms with E-state index in [-0.39, 0.29) is 11.9 Å². The van der Waals surface area contributed by atoms with Gasteiger partial charge in [-0.25, -0.2) is 0 Å². The van der Waals surface area contributed by atoms with E-state index in [1.807, 2.05) is 6.92 Å². The summed E-state index contributed by atoms with van der Waals surface area (Å²) in [7, 11) is 0. The SMILES string of the molecule is CC(=O)NC(C)c1ccc(C)cc1C. The number of nitrogens with one attached hydrogen (secondary N) is 1. The monoisotopic (exact) mass is 191 g/mol. The minimum absolute atomic E-state index is 0.0116. The van der Waals surface area contributed by atoms with Crippen molar-refractivity contribution in [3.05, 3.63) is 34.9 Å². The maximum atomic E-state index is 10.9. The summed E-state index contributed by atoms with van der Waals surface area (Å²) in [6.45, 7) is 7.68. The van der Waals surface area contributed by atoms with Crippen molar-refractivity contribution >= 4 is 5.91 Å². The second-order valence-electron chi connectivity index (χ2n) is 3.78. The molecule has 1 N–H and O–H groups in total. The molecule has 0 aliphatic carbocycles. The Hall–Kier alpha value is -1.31. The average molecular weight is 191 g/mol. The largest absolute Gasteiger partial charge is 0.350 e. The molecule has 0 saturated carbocycles. The summed E-state index contributed by atoms with van der Waals surface area (Å²) in [5.41, 5.74) is 3.67. The van der Waals surface area contributed by atoms with Crippen LogP contribution in [-0.4, -0.2) is 5.91 Å². The molecule has 0 aliphatic heterocycles. The van der Waals surface area contributed by atoms with Crippen LogP contribution >= 0.6 is 0 Å². The number of hydrogen-bond donors (Lipinski definition) is 1. The average Bonchev–Trinajstić information content (AvgIpc) is 2.01. The van der Waals surface area contributed by atoms with Crippen LogP contribution in [0.15, 0.2) is 18.2 Å². The molecule has 0 aliphatic rings. The van der Waals surface area contributed by atoms with Gasteiger partial charge in [-0.2, -0.15) is 0 Å². The molecular weight excluding hydrogens is 174 g/mol. The van der Waals surface area contributed by atoms with Gasteiger partial charge in [0.05, 0.1) is 6.04 Å². The molecule has 1 rings (SSSR count). The van der Waals surface area contributed by atoms with E-state index in [1.165, 1.54) is 16.7 Å². The van der Waals surface area contributed by atoms with E-state index in [4.69, 9.17) is 0 Å². The van der Waals surface area contributed by atoms with Crippen molar-refractivity contribution in [2.24, 2.45) is 0 Å². The predicted molar refractivity (Wildman–Crippen MR) is 58.1 cm³/mol. The lowest BCUT2D eigenvalue weighted by atomic mass is 10.0. The molecule has 1 aromatic rings. The Balaban J connectivity index is 2.90. The Morgan fingerprint density at radius 3 is 2.50 bits per heavy atom. The number of aryl methyl sites for hydroxylation is 2. The van der Waals surface area contributed by atoms with Crippen LogP contribution in [0.1, 0.15) is 36.6 Å². The van der Waals surface area contributed by atoms with Gasteiger partial charge in [0.1, 0.15) is 0 Å². The Labute approximate surface area is 85.3 Å². The highest BCUT2D eigenvalue weighted by Gasteiger charge is 2.08. The first kappa shape index (κ1) is 10.8. The summed E-state index contributed by atoms with van der Waals surface area (Å²) >= 11 is 0. The molecule has 1 aromatic carbocycles. The number of rotatable bonds is 2. The Morgan fingerprint density at radius 1 is 1.36 bits per heavy atom. The molecule has 1 unspecified atom stereocenters. The van der Waals surface area contributed by atoms with E-state index in [1.54, 1.807) is 6.92 Å². The van der Waals surface area contributed by atoms with Crippen LogP contribution < -0.4 is 5.32 Å². The fraction of sp³-hybridized carbons (Fsp3) is 0.417. The van der Waals surface area contributed by atoms with Gasteiger partial charge in [0.2, 0.25) is 5.91 Å². The highest BCUT2D eigenvalue weighted by atomic mass is 16.1. The quantitative estimate of drug-likeness (QED) is 0.764. The van der Waals surface area contributed by atoms with Gasteiger partial charge in [-0.15, -0.1) is 0 Å². The topological polar surface area (TPSA) is 29.1 Å². The van der Waals surface area contributed by atoms with Crippen molar-refractivity contribution in [2.45, 2.75) is 33.7 Å². The third-order valence-corrected chi connectivity index (χ3v) is 2.31. The van der Waals surface area contributed by atoms with Crippen LogP contribution in [0.25, 0.3) is 0 Å². The third kappa shape index (κ3) is 2.59. The highest BCUT2D eigenvalue weighted by Crippen LogP contribution is 2.18. The van der Waals surface area contributed by atoms with Crippen LogP contribution in [0.5, 0.6) is 0 Å². The van der Waals surface area contributed by atoms with E-state index in [9.17, 15) is 4.79 Å². The van der Waals surface area contributed by atoms with Gasteiger partial charge < -0.3 is 5.32 Å². The molecule has 0 spiro atoms. The van der Waals surface area contributed by atoms with E-state index < -0.39 is 0 Å². The molecule has 0 radical (unpaired) electrons. The van der Waals surface area contributed by atoms with Crippen molar-refractivity contribution < 1.29 is 4.79 Å². The normalized spacial score (nSPS) is 12.3. The Morgan fingerprint density at radius 2 is 2.00 bits per heavy atom. The first-order chi connectivity index (χ1) is 6.50. The van der Waals surface area contributed by atoms with Gasteiger partial charge in [0, 0.05) is 6.92 Å². The van der Waals surface area contributed by atoms with Gasteiger partial charge in [0.15, 0.2) is 0 Å². The molecule has 0 fully saturated rings. The molecule has 2 heteroatoms. The van der Waals surface area contributed by atoms with Crippen LogP contribution in [0, 0.1) is 13.8 Å². The first-order valence-electron chi connectivity index (χ1n) is 4.85. The van der Waals surface area contributed by atoms with Crippen LogP contribution in [0.3, 0.4) is 0 Å². The van der Waals surface area contributed by atoms with E-state index in [0.717, 1.165) is 0 Å². The minimum Gasteiger partial charge on any atom is -0.350 e. The lowest BCUT2D eigenvalue weighted by molar-refractivity contribution is -0.119. The second-order valence-corrected chi connectivity index (χ2v) is 3.78. The van der Waals surface area contributed by atoms with E-state index >= 15 is 0 Å². The van der Waals surface area contributed by atoms with Gasteiger partial charge in [0.25, 0.3) is 0 Å². The Kier molecular flexibility index (Phi) is 3.28. The van der Waals surface area contributed by atoms with Crippen LogP contribution in [-0.2, 0) is 4.79 Å². The molecule has 1 amide bonds. The summed E-state index contributed by atoms with van der Waals surface area (Å²) in [6, 6.07) is 6.37. The van der Waals surface area contributed by atoms with E-state index in [0.29, 0.717) is 0 Å². The van der Waals surface area contributed by atoms with Gasteiger partial charge in [-0.1, -0.05) is 23.8 Å². The zero-order valence-corrected chi connectivity index (χ0v) is 9.22. The molecule has 0 aromatic heterocycles. The number of carbonyl (C=O) groups excluding carboxylic acids is 1. The lowest BCUT2D eigenvalue weighted by Gasteiger charge is -2.15. The van der Waals surface area contributed by atoms with Crippen molar-refractivity contribution in [3.63, 3.8) is 0 Å². The van der Waals surface area contributed by atoms with E-state index in [2.05, 4.69) is 37.4 Å². The number of hydrogen-bond acceptors (Lipinski definition) is 1. The smallest absolute Gasteiger partial charge is 0.217 e. The standard InChI is InChI=1S/C12H17NO/c1-8-5-6-12(9(2)7-8)10(3)13-11(4)14/h5-7,10H,1-4H3,(H,13,14). The van der Waals surface area contributed by atoms with Crippen LogP contribution in [0.2, 0.25) is 0 Å². The molecule has 76 valence electrons. The van der Waals surface area contributed by atoms with Crippen molar-refractivity contribution in [3.8, 4) is 0 Å². The second kappa shape index (κ2) is 4.27. The molecule has 1 atom stereocenters. The maximum Gasteiger partial charge on any atom is 0.217 e. The summed E-state index contributed by atoms with van der Waals surface area (Å²) in [5.74, 6) is 0.0116. The minimum atomic E-state index is 0.0116. The summed E-state index contributed by atoms with van der Waals surface area (Å²) in [5, 5.41) is 2.88. The van der Waals surface area contributed by atoms with Crippen LogP contribution in [0.4, 0.5) is 0 Å². The molecule has 14 heavy (non-hydrogen) atoms. The number of amides is 1. The summed E-state index contributed by atoms with van der Waals surface area (Å²) in [4.78, 5) is 10.9. The molecule has 2 nitrogen and oxygen atoms in total. The maximum absolute atomic E-state index is 10.9. The van der Waals surface area contributed by atoms with Gasteiger partial charge in [-0.05, 0) is 31.9 Å². The Bertz CT molecular complexity index is 344. The summed E-state index contributed by atoms with van der Waals surface area (Å²) in [6.07, 6.45) is 0. The lowest BCUT2D eigenvalue weighted by Crippen LogP contribution is -2.24. The highest BCUT2D eigenvalue weighted by molar-refractivity contribution is 5.73. The first-order valence-corrected chi connectivity index (χ1v) is 4.85. The van der Waals surface area contributed by atoms with Gasteiger partial charge in [-0.3, -0.25) is 4.79 Å². The third-order valence-electron chi connectivity index (χ3n) is 2.31. The molecular formula is C12H17NO. The zero-order chi connectivity index (χ0) is 10.7. The number of benzene rings is 1. The molecule has 0 heterocycles. The van der Waals surface area contributed by atoms with Crippen molar-refractivity contribution in [1.29, 1.82) is 0 Å². The fourth-order valence-corrected chi connectivity index (χ4v) is 1.69. The van der Waals surface area contributed by atoms with Crippen molar-refractivity contribution in [1.82, 2.24) is 5.32 Å². The number of carbonyl (C=O) groups is 1. The molecule has 0 saturated heterocycles. The van der Waals surface area contributed by atoms with Crippen molar-refractivity contribution in [2.75, 3.05) is 0 Å². The fourth-order valence-electron chi connectivity index (χ4n) is 1.69. The van der Waals surface area contributed by atoms with Gasteiger partial charge >= 0.3 is 0 Å². The molecule has 0 bridgehead atoms.